The Balaban J connectivity index is 1.87. The smallest absolute Gasteiger partial charge is 0.0703 e. The fourth-order valence-electron chi connectivity index (χ4n) is 5.49. The lowest BCUT2D eigenvalue weighted by Gasteiger charge is -2.46. The van der Waals surface area contributed by atoms with Crippen LogP contribution in [0, 0.1) is 17.8 Å². The Bertz CT molecular complexity index is 294. The SMILES string of the molecule is CCCCCCC(C)CCC(O)(C1CCCCC1)C1CCCCC1. The van der Waals surface area contributed by atoms with Crippen LogP contribution in [0.3, 0.4) is 0 Å². The Kier molecular flexibility index (Phi) is 9.16. The molecule has 0 spiro atoms. The Morgan fingerprint density at radius 3 is 1.83 bits per heavy atom. The largest absolute Gasteiger partial charge is 0.389 e. The Hall–Kier alpha value is -0.0400. The molecule has 2 saturated carbocycles. The van der Waals surface area contributed by atoms with E-state index in [1.807, 2.05) is 0 Å². The van der Waals surface area contributed by atoms with Crippen molar-refractivity contribution in [3.63, 3.8) is 0 Å². The zero-order valence-corrected chi connectivity index (χ0v) is 16.7. The zero-order valence-electron chi connectivity index (χ0n) is 16.7. The molecule has 0 bridgehead atoms. The first-order valence-corrected chi connectivity index (χ1v) is 11.4. The van der Waals surface area contributed by atoms with Crippen LogP contribution >= 0.6 is 0 Å². The van der Waals surface area contributed by atoms with E-state index in [1.54, 1.807) is 0 Å². The van der Waals surface area contributed by atoms with E-state index in [4.69, 9.17) is 0 Å². The summed E-state index contributed by atoms with van der Waals surface area (Å²) in [5.74, 6) is 1.99. The predicted molar refractivity (Wildman–Crippen MR) is 105 cm³/mol. The Labute approximate surface area is 152 Å². The molecule has 24 heavy (non-hydrogen) atoms. The highest BCUT2D eigenvalue weighted by Crippen LogP contribution is 2.45. The first-order valence-electron chi connectivity index (χ1n) is 11.4. The van der Waals surface area contributed by atoms with Gasteiger partial charge in [-0.05, 0) is 56.3 Å². The molecule has 0 aliphatic heterocycles. The summed E-state index contributed by atoms with van der Waals surface area (Å²) in [5.41, 5.74) is -0.335. The van der Waals surface area contributed by atoms with Gasteiger partial charge in [0.1, 0.15) is 0 Å². The molecule has 1 atom stereocenters. The normalized spacial score (nSPS) is 22.6. The van der Waals surface area contributed by atoms with Gasteiger partial charge in [0.05, 0.1) is 5.60 Å². The molecule has 1 N–H and O–H groups in total. The maximum atomic E-state index is 11.8. The quantitative estimate of drug-likeness (QED) is 0.416. The second-order valence-electron chi connectivity index (χ2n) is 9.15. The van der Waals surface area contributed by atoms with Crippen molar-refractivity contribution in [1.82, 2.24) is 0 Å². The number of aliphatic hydroxyl groups is 1. The van der Waals surface area contributed by atoms with E-state index in [1.165, 1.54) is 103 Å². The van der Waals surface area contributed by atoms with Crippen LogP contribution in [0.5, 0.6) is 0 Å². The summed E-state index contributed by atoms with van der Waals surface area (Å²) >= 11 is 0. The Morgan fingerprint density at radius 2 is 1.33 bits per heavy atom. The van der Waals surface area contributed by atoms with E-state index in [2.05, 4.69) is 13.8 Å². The molecule has 0 aromatic carbocycles. The maximum Gasteiger partial charge on any atom is 0.0703 e. The summed E-state index contributed by atoms with van der Waals surface area (Å²) in [6.45, 7) is 4.71. The third kappa shape index (κ3) is 6.04. The summed E-state index contributed by atoms with van der Waals surface area (Å²) < 4.78 is 0. The third-order valence-corrected chi connectivity index (χ3v) is 7.21. The number of hydrogen-bond donors (Lipinski definition) is 1. The van der Waals surface area contributed by atoms with Crippen LogP contribution in [0.25, 0.3) is 0 Å². The van der Waals surface area contributed by atoms with Crippen molar-refractivity contribution < 1.29 is 5.11 Å². The highest BCUT2D eigenvalue weighted by atomic mass is 16.3. The summed E-state index contributed by atoms with van der Waals surface area (Å²) in [6, 6.07) is 0. The molecule has 0 radical (unpaired) electrons. The van der Waals surface area contributed by atoms with Gasteiger partial charge in [0, 0.05) is 0 Å². The van der Waals surface area contributed by atoms with Gasteiger partial charge in [-0.25, -0.2) is 0 Å². The van der Waals surface area contributed by atoms with Crippen LogP contribution in [0.2, 0.25) is 0 Å². The van der Waals surface area contributed by atoms with Gasteiger partial charge < -0.3 is 5.11 Å². The lowest BCUT2D eigenvalue weighted by molar-refractivity contribution is -0.101. The second-order valence-corrected chi connectivity index (χ2v) is 9.15. The van der Waals surface area contributed by atoms with Crippen LogP contribution in [0.15, 0.2) is 0 Å². The van der Waals surface area contributed by atoms with Crippen molar-refractivity contribution in [1.29, 1.82) is 0 Å². The van der Waals surface area contributed by atoms with Crippen LogP contribution < -0.4 is 0 Å². The molecule has 142 valence electrons. The fraction of sp³-hybridized carbons (Fsp3) is 1.00. The van der Waals surface area contributed by atoms with Crippen molar-refractivity contribution in [2.75, 3.05) is 0 Å². The van der Waals surface area contributed by atoms with Gasteiger partial charge in [0.2, 0.25) is 0 Å². The molecule has 0 aromatic rings. The van der Waals surface area contributed by atoms with Crippen molar-refractivity contribution >= 4 is 0 Å². The van der Waals surface area contributed by atoms with Crippen molar-refractivity contribution in [3.05, 3.63) is 0 Å². The minimum absolute atomic E-state index is 0.335. The van der Waals surface area contributed by atoms with Crippen LogP contribution in [0.1, 0.15) is 123 Å². The van der Waals surface area contributed by atoms with Gasteiger partial charge in [-0.15, -0.1) is 0 Å². The molecule has 2 rings (SSSR count). The van der Waals surface area contributed by atoms with Gasteiger partial charge in [-0.3, -0.25) is 0 Å². The van der Waals surface area contributed by atoms with Gasteiger partial charge >= 0.3 is 0 Å². The number of rotatable bonds is 10. The minimum Gasteiger partial charge on any atom is -0.389 e. The van der Waals surface area contributed by atoms with Crippen molar-refractivity contribution in [3.8, 4) is 0 Å². The summed E-state index contributed by atoms with van der Waals surface area (Å²) in [7, 11) is 0. The highest BCUT2D eigenvalue weighted by Gasteiger charge is 2.43. The van der Waals surface area contributed by atoms with E-state index in [9.17, 15) is 5.11 Å². The first-order chi connectivity index (χ1) is 11.7. The fourth-order valence-corrected chi connectivity index (χ4v) is 5.49. The van der Waals surface area contributed by atoms with E-state index < -0.39 is 0 Å². The summed E-state index contributed by atoms with van der Waals surface area (Å²) in [5, 5.41) is 11.8. The van der Waals surface area contributed by atoms with Gasteiger partial charge in [0.15, 0.2) is 0 Å². The summed E-state index contributed by atoms with van der Waals surface area (Å²) in [4.78, 5) is 0. The van der Waals surface area contributed by atoms with Gasteiger partial charge in [-0.2, -0.15) is 0 Å². The van der Waals surface area contributed by atoms with Gasteiger partial charge in [-0.1, -0.05) is 84.5 Å². The molecule has 2 aliphatic rings. The molecular formula is C23H44O. The molecule has 0 aromatic heterocycles. The van der Waals surface area contributed by atoms with Crippen LogP contribution in [-0.2, 0) is 0 Å². The lowest BCUT2D eigenvalue weighted by atomic mass is 9.64. The average molecular weight is 337 g/mol. The van der Waals surface area contributed by atoms with E-state index in [0.29, 0.717) is 11.8 Å². The van der Waals surface area contributed by atoms with Crippen molar-refractivity contribution in [2.45, 2.75) is 129 Å². The third-order valence-electron chi connectivity index (χ3n) is 7.21. The maximum absolute atomic E-state index is 11.8. The average Bonchev–Trinajstić information content (AvgIpc) is 2.65. The monoisotopic (exact) mass is 336 g/mol. The second kappa shape index (κ2) is 10.8. The predicted octanol–water partition coefficient (Wildman–Crippen LogP) is 7.26. The lowest BCUT2D eigenvalue weighted by Crippen LogP contribution is -2.47. The molecule has 0 amide bonds. The first kappa shape index (κ1) is 20.3. The number of unbranched alkanes of at least 4 members (excludes halogenated alkanes) is 3. The van der Waals surface area contributed by atoms with Crippen LogP contribution in [0.4, 0.5) is 0 Å². The van der Waals surface area contributed by atoms with E-state index >= 15 is 0 Å². The molecular weight excluding hydrogens is 292 g/mol. The molecule has 2 fully saturated rings. The molecule has 0 saturated heterocycles. The van der Waals surface area contributed by atoms with Gasteiger partial charge in [0.25, 0.3) is 0 Å². The standard InChI is InChI=1S/C23H44O/c1-3-4-5-8-13-20(2)18-19-23(24,21-14-9-6-10-15-21)22-16-11-7-12-17-22/h20-22,24H,3-19H2,1-2H3. The van der Waals surface area contributed by atoms with Crippen molar-refractivity contribution in [2.24, 2.45) is 17.8 Å². The highest BCUT2D eigenvalue weighted by molar-refractivity contribution is 4.95. The molecule has 1 unspecified atom stereocenters. The van der Waals surface area contributed by atoms with E-state index in [-0.39, 0.29) is 5.60 Å². The molecule has 1 heteroatoms. The zero-order chi connectivity index (χ0) is 17.3. The van der Waals surface area contributed by atoms with Crippen LogP contribution in [-0.4, -0.2) is 10.7 Å². The summed E-state index contributed by atoms with van der Waals surface area (Å²) in [6.07, 6.45) is 22.6. The minimum atomic E-state index is -0.335. The molecule has 2 aliphatic carbocycles. The van der Waals surface area contributed by atoms with E-state index in [0.717, 1.165) is 12.3 Å². The molecule has 0 heterocycles. The Morgan fingerprint density at radius 1 is 0.792 bits per heavy atom. The molecule has 1 nitrogen and oxygen atoms in total. The topological polar surface area (TPSA) is 20.2 Å². The number of hydrogen-bond acceptors (Lipinski definition) is 1.